The molecule has 1 aromatic heterocycles. The van der Waals surface area contributed by atoms with Crippen molar-refractivity contribution in [1.82, 2.24) is 15.6 Å². The van der Waals surface area contributed by atoms with Crippen LogP contribution >= 0.6 is 0 Å². The van der Waals surface area contributed by atoms with Crippen molar-refractivity contribution in [2.24, 2.45) is 17.3 Å². The van der Waals surface area contributed by atoms with Crippen molar-refractivity contribution in [2.45, 2.75) is 57.4 Å². The predicted molar refractivity (Wildman–Crippen MR) is 109 cm³/mol. The molecule has 0 aliphatic heterocycles. The van der Waals surface area contributed by atoms with Crippen molar-refractivity contribution < 1.29 is 9.59 Å². The lowest BCUT2D eigenvalue weighted by atomic mass is 9.46. The number of carbonyl (C=O) groups excluding carboxylic acids is 2. The third kappa shape index (κ3) is 2.92. The first-order valence-electron chi connectivity index (χ1n) is 10.6. The minimum atomic E-state index is -0.285. The van der Waals surface area contributed by atoms with Crippen LogP contribution in [-0.4, -0.2) is 28.9 Å². The Morgan fingerprint density at radius 3 is 2.64 bits per heavy atom. The van der Waals surface area contributed by atoms with Gasteiger partial charge < -0.3 is 15.6 Å². The zero-order valence-corrected chi connectivity index (χ0v) is 16.5. The number of carbonyl (C=O) groups is 2. The summed E-state index contributed by atoms with van der Waals surface area (Å²) in [6.07, 6.45) is 8.99. The summed E-state index contributed by atoms with van der Waals surface area (Å²) in [5, 5.41) is 7.72. The SMILES string of the molecule is CC(=O)NC12C[C@H]3C[C@@H](C1)CC(C(=O)NCCc1c[nH]c4ccccc14)(C3)C2. The molecule has 0 radical (unpaired) electrons. The summed E-state index contributed by atoms with van der Waals surface area (Å²) in [6, 6.07) is 8.28. The van der Waals surface area contributed by atoms with Gasteiger partial charge in [0.15, 0.2) is 0 Å². The summed E-state index contributed by atoms with van der Waals surface area (Å²) < 4.78 is 0. The Balaban J connectivity index is 1.28. The Bertz CT molecular complexity index is 917. The van der Waals surface area contributed by atoms with Gasteiger partial charge in [-0.3, -0.25) is 9.59 Å². The predicted octanol–water partition coefficient (Wildman–Crippen LogP) is 3.30. The van der Waals surface area contributed by atoms with Gasteiger partial charge in [0.1, 0.15) is 0 Å². The number of fused-ring (bicyclic) bond motifs is 1. The second-order valence-electron chi connectivity index (χ2n) is 9.57. The molecular weight excluding hydrogens is 350 g/mol. The number of aromatic amines is 1. The first-order valence-corrected chi connectivity index (χ1v) is 10.6. The molecule has 2 unspecified atom stereocenters. The molecule has 4 bridgehead atoms. The van der Waals surface area contributed by atoms with Gasteiger partial charge in [0.25, 0.3) is 0 Å². The Morgan fingerprint density at radius 2 is 1.89 bits per heavy atom. The molecule has 1 heterocycles. The molecule has 28 heavy (non-hydrogen) atoms. The molecule has 4 saturated carbocycles. The highest BCUT2D eigenvalue weighted by molar-refractivity contribution is 5.85. The molecule has 2 amide bonds. The highest BCUT2D eigenvalue weighted by atomic mass is 16.2. The number of amides is 2. The second kappa shape index (κ2) is 6.36. The minimum absolute atomic E-state index is 0.0387. The minimum Gasteiger partial charge on any atom is -0.361 e. The van der Waals surface area contributed by atoms with Gasteiger partial charge in [-0.2, -0.15) is 0 Å². The number of hydrogen-bond donors (Lipinski definition) is 3. The standard InChI is InChI=1S/C23H29N3O2/c1-15(27)26-23-11-16-8-17(12-23)10-22(9-16,14-23)21(28)24-7-6-18-13-25-20-5-3-2-4-19(18)20/h2-5,13,16-17,25H,6-12,14H2,1H3,(H,24,28)(H,26,27)/t16-,17+,22?,23?. The van der Waals surface area contributed by atoms with Crippen LogP contribution in [0.15, 0.2) is 30.5 Å². The number of benzene rings is 1. The largest absolute Gasteiger partial charge is 0.361 e. The molecule has 0 saturated heterocycles. The first kappa shape index (κ1) is 17.8. The van der Waals surface area contributed by atoms with Gasteiger partial charge in [-0.1, -0.05) is 18.2 Å². The van der Waals surface area contributed by atoms with Gasteiger partial charge in [-0.25, -0.2) is 0 Å². The summed E-state index contributed by atoms with van der Waals surface area (Å²) in [5.41, 5.74) is 1.95. The maximum Gasteiger partial charge on any atom is 0.226 e. The van der Waals surface area contributed by atoms with Crippen molar-refractivity contribution >= 4 is 22.7 Å². The number of aromatic nitrogens is 1. The zero-order valence-electron chi connectivity index (χ0n) is 16.5. The zero-order chi connectivity index (χ0) is 19.4. The van der Waals surface area contributed by atoms with Crippen molar-refractivity contribution in [3.63, 3.8) is 0 Å². The monoisotopic (exact) mass is 379 g/mol. The maximum absolute atomic E-state index is 13.3. The van der Waals surface area contributed by atoms with E-state index in [1.54, 1.807) is 6.92 Å². The Labute approximate surface area is 165 Å². The average molecular weight is 380 g/mol. The van der Waals surface area contributed by atoms with Crippen LogP contribution in [0.25, 0.3) is 10.9 Å². The van der Waals surface area contributed by atoms with Gasteiger partial charge >= 0.3 is 0 Å². The fourth-order valence-electron chi connectivity index (χ4n) is 6.88. The molecule has 3 N–H and O–H groups in total. The van der Waals surface area contributed by atoms with Crippen molar-refractivity contribution in [2.75, 3.05) is 6.54 Å². The quantitative estimate of drug-likeness (QED) is 0.746. The van der Waals surface area contributed by atoms with Gasteiger partial charge in [0.2, 0.25) is 11.8 Å². The van der Waals surface area contributed by atoms with Crippen LogP contribution in [0, 0.1) is 17.3 Å². The van der Waals surface area contributed by atoms with E-state index in [-0.39, 0.29) is 22.8 Å². The van der Waals surface area contributed by atoms with Crippen LogP contribution < -0.4 is 10.6 Å². The molecule has 6 rings (SSSR count). The van der Waals surface area contributed by atoms with Crippen LogP contribution in [-0.2, 0) is 16.0 Å². The third-order valence-corrected chi connectivity index (χ3v) is 7.34. The molecule has 4 atom stereocenters. The van der Waals surface area contributed by atoms with Crippen LogP contribution in [0.2, 0.25) is 0 Å². The summed E-state index contributed by atoms with van der Waals surface area (Å²) >= 11 is 0. The van der Waals surface area contributed by atoms with Gasteiger partial charge in [0.05, 0.1) is 5.41 Å². The van der Waals surface area contributed by atoms with Gasteiger partial charge in [-0.05, 0) is 68.4 Å². The molecule has 4 fully saturated rings. The summed E-state index contributed by atoms with van der Waals surface area (Å²) in [7, 11) is 0. The third-order valence-electron chi connectivity index (χ3n) is 7.34. The summed E-state index contributed by atoms with van der Waals surface area (Å²) in [6.45, 7) is 2.26. The van der Waals surface area contributed by atoms with E-state index in [0.29, 0.717) is 18.4 Å². The number of rotatable bonds is 5. The molecular formula is C23H29N3O2. The van der Waals surface area contributed by atoms with E-state index in [1.165, 1.54) is 17.4 Å². The number of H-pyrrole nitrogens is 1. The maximum atomic E-state index is 13.3. The molecule has 4 aliphatic rings. The molecule has 148 valence electrons. The molecule has 2 aromatic rings. The molecule has 4 aliphatic carbocycles. The molecule has 5 nitrogen and oxygen atoms in total. The van der Waals surface area contributed by atoms with Gasteiger partial charge in [-0.15, -0.1) is 0 Å². The Hall–Kier alpha value is -2.30. The molecule has 5 heteroatoms. The first-order chi connectivity index (χ1) is 13.5. The average Bonchev–Trinajstić information content (AvgIpc) is 3.03. The van der Waals surface area contributed by atoms with E-state index in [9.17, 15) is 9.59 Å². The van der Waals surface area contributed by atoms with Crippen LogP contribution in [0.4, 0.5) is 0 Å². The Morgan fingerprint density at radius 1 is 1.14 bits per heavy atom. The van der Waals surface area contributed by atoms with E-state index in [2.05, 4.69) is 33.8 Å². The Kier molecular flexibility index (Phi) is 4.04. The summed E-state index contributed by atoms with van der Waals surface area (Å²) in [5.74, 6) is 1.40. The highest BCUT2D eigenvalue weighted by Gasteiger charge is 2.60. The second-order valence-corrected chi connectivity index (χ2v) is 9.57. The summed E-state index contributed by atoms with van der Waals surface area (Å²) in [4.78, 5) is 28.4. The van der Waals surface area contributed by atoms with Crippen molar-refractivity contribution in [1.29, 1.82) is 0 Å². The van der Waals surface area contributed by atoms with Crippen LogP contribution in [0.3, 0.4) is 0 Å². The van der Waals surface area contributed by atoms with Crippen molar-refractivity contribution in [3.05, 3.63) is 36.0 Å². The van der Waals surface area contributed by atoms with E-state index in [0.717, 1.165) is 44.0 Å². The molecule has 1 aromatic carbocycles. The van der Waals surface area contributed by atoms with Crippen LogP contribution in [0.5, 0.6) is 0 Å². The van der Waals surface area contributed by atoms with Crippen LogP contribution in [0.1, 0.15) is 51.0 Å². The highest BCUT2D eigenvalue weighted by Crippen LogP contribution is 2.61. The number of para-hydroxylation sites is 1. The lowest BCUT2D eigenvalue weighted by Crippen LogP contribution is -2.65. The van der Waals surface area contributed by atoms with Crippen molar-refractivity contribution in [3.8, 4) is 0 Å². The smallest absolute Gasteiger partial charge is 0.226 e. The lowest BCUT2D eigenvalue weighted by Gasteiger charge is -2.61. The molecule has 0 spiro atoms. The lowest BCUT2D eigenvalue weighted by molar-refractivity contribution is -0.153. The fraction of sp³-hybridized carbons (Fsp3) is 0.565. The van der Waals surface area contributed by atoms with E-state index in [4.69, 9.17) is 0 Å². The fourth-order valence-corrected chi connectivity index (χ4v) is 6.88. The normalized spacial score (nSPS) is 33.2. The number of hydrogen-bond acceptors (Lipinski definition) is 2. The van der Waals surface area contributed by atoms with Gasteiger partial charge in [0, 0.05) is 36.1 Å². The van der Waals surface area contributed by atoms with E-state index in [1.807, 2.05) is 12.3 Å². The van der Waals surface area contributed by atoms with E-state index < -0.39 is 0 Å². The topological polar surface area (TPSA) is 74.0 Å². The van der Waals surface area contributed by atoms with E-state index >= 15 is 0 Å². The number of nitrogens with one attached hydrogen (secondary N) is 3.